The molecule has 0 unspecified atom stereocenters. The summed E-state index contributed by atoms with van der Waals surface area (Å²) in [7, 11) is 0. The lowest BCUT2D eigenvalue weighted by atomic mass is 10.2. The van der Waals surface area contributed by atoms with Crippen molar-refractivity contribution in [2.75, 3.05) is 39.5 Å². The molecule has 1 aromatic rings. The lowest BCUT2D eigenvalue weighted by Crippen LogP contribution is -2.38. The fourth-order valence-electron chi connectivity index (χ4n) is 1.93. The number of benzene rings is 1. The second-order valence-electron chi connectivity index (χ2n) is 4.30. The van der Waals surface area contributed by atoms with Crippen LogP contribution in [-0.4, -0.2) is 50.3 Å². The smallest absolute Gasteiger partial charge is 0.265 e. The monoisotopic (exact) mass is 265 g/mol. The zero-order valence-electron chi connectivity index (χ0n) is 10.8. The molecule has 0 atom stereocenters. The number of hydrazine groups is 1. The zero-order chi connectivity index (χ0) is 13.5. The van der Waals surface area contributed by atoms with E-state index in [-0.39, 0.29) is 5.91 Å². The molecule has 1 aliphatic rings. The van der Waals surface area contributed by atoms with Crippen molar-refractivity contribution in [1.29, 1.82) is 0 Å². The first-order valence-corrected chi connectivity index (χ1v) is 6.33. The Morgan fingerprint density at radius 3 is 2.95 bits per heavy atom. The van der Waals surface area contributed by atoms with E-state index in [0.717, 1.165) is 32.8 Å². The topological polar surface area (TPSA) is 76.8 Å². The number of hydrogen-bond acceptors (Lipinski definition) is 5. The van der Waals surface area contributed by atoms with Gasteiger partial charge in [0.15, 0.2) is 0 Å². The maximum absolute atomic E-state index is 11.4. The molecule has 1 fully saturated rings. The molecule has 1 heterocycles. The number of nitrogen functional groups attached to an aromatic ring is 1. The highest BCUT2D eigenvalue weighted by Crippen LogP contribution is 2.13. The second kappa shape index (κ2) is 7.08. The van der Waals surface area contributed by atoms with Crippen LogP contribution in [0.4, 0.5) is 0 Å². The number of nitrogens with zero attached hydrogens (tertiary/aromatic N) is 1. The number of nitrogens with two attached hydrogens (primary N) is 1. The van der Waals surface area contributed by atoms with Gasteiger partial charge in [0, 0.05) is 25.2 Å². The molecule has 6 nitrogen and oxygen atoms in total. The largest absolute Gasteiger partial charge is 0.492 e. The second-order valence-corrected chi connectivity index (χ2v) is 4.30. The number of ether oxygens (including phenoxy) is 2. The summed E-state index contributed by atoms with van der Waals surface area (Å²) >= 11 is 0. The highest BCUT2D eigenvalue weighted by Gasteiger charge is 2.10. The molecular formula is C13H19N3O3. The third kappa shape index (κ3) is 4.20. The normalized spacial score (nSPS) is 16.1. The maximum Gasteiger partial charge on any atom is 0.265 e. The van der Waals surface area contributed by atoms with Gasteiger partial charge in [0.25, 0.3) is 5.91 Å². The summed E-state index contributed by atoms with van der Waals surface area (Å²) in [5, 5.41) is 0. The number of carbonyl (C=O) groups is 1. The molecule has 0 aliphatic carbocycles. The van der Waals surface area contributed by atoms with Crippen molar-refractivity contribution in [3.05, 3.63) is 29.8 Å². The van der Waals surface area contributed by atoms with Crippen molar-refractivity contribution in [3.8, 4) is 5.75 Å². The first kappa shape index (κ1) is 13.8. The summed E-state index contributed by atoms with van der Waals surface area (Å²) in [6.07, 6.45) is 0. The van der Waals surface area contributed by atoms with E-state index in [9.17, 15) is 4.79 Å². The molecule has 0 spiro atoms. The molecule has 1 saturated heterocycles. The fourth-order valence-corrected chi connectivity index (χ4v) is 1.93. The van der Waals surface area contributed by atoms with Crippen LogP contribution in [0.2, 0.25) is 0 Å². The zero-order valence-corrected chi connectivity index (χ0v) is 10.8. The van der Waals surface area contributed by atoms with Crippen LogP contribution < -0.4 is 16.0 Å². The maximum atomic E-state index is 11.4. The third-order valence-corrected chi connectivity index (χ3v) is 3.01. The van der Waals surface area contributed by atoms with Gasteiger partial charge in [-0.1, -0.05) is 6.07 Å². The summed E-state index contributed by atoms with van der Waals surface area (Å²) < 4.78 is 10.9. The lowest BCUT2D eigenvalue weighted by Gasteiger charge is -2.26. The van der Waals surface area contributed by atoms with Gasteiger partial charge in [-0.2, -0.15) is 0 Å². The third-order valence-electron chi connectivity index (χ3n) is 3.01. The van der Waals surface area contributed by atoms with Gasteiger partial charge in [0.05, 0.1) is 13.2 Å². The molecule has 0 bridgehead atoms. The molecule has 6 heteroatoms. The van der Waals surface area contributed by atoms with Crippen LogP contribution in [0.1, 0.15) is 10.4 Å². The molecule has 1 amide bonds. The number of carbonyl (C=O) groups excluding carboxylic acids is 1. The average molecular weight is 265 g/mol. The Labute approximate surface area is 112 Å². The van der Waals surface area contributed by atoms with E-state index in [1.54, 1.807) is 18.2 Å². The van der Waals surface area contributed by atoms with Crippen LogP contribution in [0.5, 0.6) is 5.75 Å². The lowest BCUT2D eigenvalue weighted by molar-refractivity contribution is 0.0322. The van der Waals surface area contributed by atoms with Gasteiger partial charge in [0.2, 0.25) is 0 Å². The molecule has 3 N–H and O–H groups in total. The van der Waals surface area contributed by atoms with Crippen LogP contribution in [-0.2, 0) is 4.74 Å². The number of amides is 1. The van der Waals surface area contributed by atoms with Gasteiger partial charge >= 0.3 is 0 Å². The SMILES string of the molecule is NNC(=O)c1cccc(OCCN2CCOCC2)c1. The number of nitrogens with one attached hydrogen (secondary N) is 1. The van der Waals surface area contributed by atoms with E-state index >= 15 is 0 Å². The highest BCUT2D eigenvalue weighted by molar-refractivity contribution is 5.94. The van der Waals surface area contributed by atoms with Crippen molar-refractivity contribution in [3.63, 3.8) is 0 Å². The Balaban J connectivity index is 1.80. The van der Waals surface area contributed by atoms with Gasteiger partial charge in [-0.25, -0.2) is 5.84 Å². The predicted octanol–water partition coefficient (Wildman–Crippen LogP) is 0.00110. The van der Waals surface area contributed by atoms with Crippen LogP contribution in [0.3, 0.4) is 0 Å². The standard InChI is InChI=1S/C13H19N3O3/c14-15-13(17)11-2-1-3-12(10-11)19-9-6-16-4-7-18-8-5-16/h1-3,10H,4-9,14H2,(H,15,17). The quantitative estimate of drug-likeness (QED) is 0.445. The Bertz CT molecular complexity index is 419. The molecule has 2 rings (SSSR count). The molecular weight excluding hydrogens is 246 g/mol. The van der Waals surface area contributed by atoms with Gasteiger partial charge in [-0.3, -0.25) is 15.1 Å². The number of hydrogen-bond donors (Lipinski definition) is 2. The van der Waals surface area contributed by atoms with Gasteiger partial charge in [0.1, 0.15) is 12.4 Å². The van der Waals surface area contributed by atoms with E-state index in [4.69, 9.17) is 15.3 Å². The van der Waals surface area contributed by atoms with E-state index in [1.165, 1.54) is 0 Å². The minimum Gasteiger partial charge on any atom is -0.492 e. The Kier molecular flexibility index (Phi) is 5.14. The molecule has 19 heavy (non-hydrogen) atoms. The van der Waals surface area contributed by atoms with Crippen molar-refractivity contribution in [2.45, 2.75) is 0 Å². The van der Waals surface area contributed by atoms with Crippen molar-refractivity contribution >= 4 is 5.91 Å². The van der Waals surface area contributed by atoms with Crippen molar-refractivity contribution < 1.29 is 14.3 Å². The molecule has 0 saturated carbocycles. The molecule has 1 aromatic carbocycles. The van der Waals surface area contributed by atoms with E-state index < -0.39 is 0 Å². The van der Waals surface area contributed by atoms with Crippen molar-refractivity contribution in [1.82, 2.24) is 10.3 Å². The van der Waals surface area contributed by atoms with E-state index in [1.807, 2.05) is 6.07 Å². The Morgan fingerprint density at radius 1 is 1.42 bits per heavy atom. The molecule has 0 aromatic heterocycles. The van der Waals surface area contributed by atoms with Crippen LogP contribution in [0.15, 0.2) is 24.3 Å². The minimum atomic E-state index is -0.321. The van der Waals surface area contributed by atoms with E-state index in [2.05, 4.69) is 10.3 Å². The predicted molar refractivity (Wildman–Crippen MR) is 70.8 cm³/mol. The number of morpholine rings is 1. The van der Waals surface area contributed by atoms with Crippen LogP contribution in [0.25, 0.3) is 0 Å². The van der Waals surface area contributed by atoms with Gasteiger partial charge in [-0.05, 0) is 18.2 Å². The fraction of sp³-hybridized carbons (Fsp3) is 0.462. The first-order valence-electron chi connectivity index (χ1n) is 6.33. The summed E-state index contributed by atoms with van der Waals surface area (Å²) in [4.78, 5) is 13.7. The summed E-state index contributed by atoms with van der Waals surface area (Å²) in [6, 6.07) is 6.97. The van der Waals surface area contributed by atoms with E-state index in [0.29, 0.717) is 17.9 Å². The Morgan fingerprint density at radius 2 is 2.21 bits per heavy atom. The van der Waals surface area contributed by atoms with Gasteiger partial charge in [-0.15, -0.1) is 0 Å². The first-order chi connectivity index (χ1) is 9.29. The summed E-state index contributed by atoms with van der Waals surface area (Å²) in [6.45, 7) is 4.90. The van der Waals surface area contributed by atoms with Crippen LogP contribution in [0, 0.1) is 0 Å². The number of rotatable bonds is 5. The van der Waals surface area contributed by atoms with Crippen LogP contribution >= 0.6 is 0 Å². The minimum absolute atomic E-state index is 0.321. The molecule has 1 aliphatic heterocycles. The summed E-state index contributed by atoms with van der Waals surface area (Å²) in [5.41, 5.74) is 2.59. The molecule has 104 valence electrons. The average Bonchev–Trinajstić information content (AvgIpc) is 2.48. The highest BCUT2D eigenvalue weighted by atomic mass is 16.5. The van der Waals surface area contributed by atoms with Gasteiger partial charge < -0.3 is 9.47 Å². The van der Waals surface area contributed by atoms with Crippen molar-refractivity contribution in [2.24, 2.45) is 5.84 Å². The summed E-state index contributed by atoms with van der Waals surface area (Å²) in [5.74, 6) is 5.45. The Hall–Kier alpha value is -1.63. The molecule has 0 radical (unpaired) electrons.